The molecule has 4 fully saturated rings. The molecule has 6 rings (SSSR count). The van der Waals surface area contributed by atoms with E-state index in [4.69, 9.17) is 11.6 Å². The van der Waals surface area contributed by atoms with Gasteiger partial charge in [-0.1, -0.05) is 41.4 Å². The minimum Gasteiger partial charge on any atom is -0.274 e. The van der Waals surface area contributed by atoms with Crippen molar-refractivity contribution in [2.24, 2.45) is 35.5 Å². The molecule has 136 valence electrons. The summed E-state index contributed by atoms with van der Waals surface area (Å²) in [5.41, 5.74) is 3.18. The van der Waals surface area contributed by atoms with Crippen LogP contribution in [0.2, 0.25) is 5.02 Å². The van der Waals surface area contributed by atoms with E-state index >= 15 is 0 Å². The largest absolute Gasteiger partial charge is 0.274 e. The lowest BCUT2D eigenvalue weighted by Gasteiger charge is -2.19. The predicted molar refractivity (Wildman–Crippen MR) is 103 cm³/mol. The molecule has 1 heterocycles. The highest BCUT2D eigenvalue weighted by Crippen LogP contribution is 2.77. The van der Waals surface area contributed by atoms with Gasteiger partial charge in [-0.05, 0) is 72.8 Å². The predicted octanol–water partition coefficient (Wildman–Crippen LogP) is 4.43. The van der Waals surface area contributed by atoms with Crippen molar-refractivity contribution >= 4 is 29.1 Å². The van der Waals surface area contributed by atoms with Gasteiger partial charge in [0.25, 0.3) is 0 Å². The number of anilines is 1. The molecule has 3 saturated carbocycles. The van der Waals surface area contributed by atoms with Crippen LogP contribution in [0.15, 0.2) is 48.5 Å². The number of hydrogen-bond donors (Lipinski definition) is 0. The van der Waals surface area contributed by atoms with Crippen molar-refractivity contribution in [1.29, 1.82) is 0 Å². The number of carbonyl (C=O) groups is 2. The van der Waals surface area contributed by atoms with Crippen LogP contribution in [0.25, 0.3) is 0 Å². The van der Waals surface area contributed by atoms with Gasteiger partial charge in [0.15, 0.2) is 0 Å². The lowest BCUT2D eigenvalue weighted by atomic mass is 9.81. The molecule has 2 aromatic carbocycles. The number of imide groups is 1. The van der Waals surface area contributed by atoms with Crippen molar-refractivity contribution in [3.05, 3.63) is 64.7 Å². The highest BCUT2D eigenvalue weighted by atomic mass is 35.5. The molecular formula is C23H20ClNO2. The van der Waals surface area contributed by atoms with Gasteiger partial charge >= 0.3 is 0 Å². The van der Waals surface area contributed by atoms with Gasteiger partial charge in [0.2, 0.25) is 11.8 Å². The van der Waals surface area contributed by atoms with Crippen LogP contribution >= 0.6 is 11.6 Å². The number of benzene rings is 2. The molecule has 4 heteroatoms. The Morgan fingerprint density at radius 1 is 0.815 bits per heavy atom. The maximum absolute atomic E-state index is 13.2. The standard InChI is InChI=1S/C23H20ClNO2/c1-11-2-8-14(9-3-11)25-22(26)20-15-10-16(21(20)23(25)27)19-17(18(15)19)12-4-6-13(24)7-5-12/h2-9,15-21H,10H2,1H3/t15-,16+,17?,18-,19+,20+,21-. The maximum Gasteiger partial charge on any atom is 0.237 e. The first-order chi connectivity index (χ1) is 13.1. The van der Waals surface area contributed by atoms with Crippen LogP contribution in [0.1, 0.15) is 23.5 Å². The summed E-state index contributed by atoms with van der Waals surface area (Å²) in [6.45, 7) is 2.01. The van der Waals surface area contributed by atoms with E-state index in [2.05, 4.69) is 12.1 Å². The van der Waals surface area contributed by atoms with Crippen LogP contribution in [-0.2, 0) is 9.59 Å². The molecule has 2 aromatic rings. The molecule has 4 aliphatic rings. The number of aryl methyl sites for hydroxylation is 1. The Morgan fingerprint density at radius 2 is 1.37 bits per heavy atom. The Balaban J connectivity index is 1.31. The summed E-state index contributed by atoms with van der Waals surface area (Å²) in [7, 11) is 0. The van der Waals surface area contributed by atoms with Crippen molar-refractivity contribution in [2.75, 3.05) is 4.90 Å². The Bertz CT molecular complexity index is 933. The summed E-state index contributed by atoms with van der Waals surface area (Å²) in [4.78, 5) is 27.9. The Hall–Kier alpha value is -2.13. The summed E-state index contributed by atoms with van der Waals surface area (Å²) in [6, 6.07) is 15.8. The Morgan fingerprint density at radius 3 is 1.93 bits per heavy atom. The summed E-state index contributed by atoms with van der Waals surface area (Å²) >= 11 is 6.03. The summed E-state index contributed by atoms with van der Waals surface area (Å²) < 4.78 is 0. The van der Waals surface area contributed by atoms with Gasteiger partial charge in [-0.2, -0.15) is 0 Å². The zero-order valence-electron chi connectivity index (χ0n) is 15.0. The molecule has 0 radical (unpaired) electrons. The highest BCUT2D eigenvalue weighted by molar-refractivity contribution is 6.30. The van der Waals surface area contributed by atoms with Gasteiger partial charge in [0, 0.05) is 5.02 Å². The average Bonchev–Trinajstić information content (AvgIpc) is 2.99. The Kier molecular flexibility index (Phi) is 3.08. The minimum absolute atomic E-state index is 0.0292. The van der Waals surface area contributed by atoms with E-state index in [0.717, 1.165) is 22.7 Å². The third-order valence-electron chi connectivity index (χ3n) is 7.53. The van der Waals surface area contributed by atoms with Gasteiger partial charge in [-0.15, -0.1) is 0 Å². The third-order valence-corrected chi connectivity index (χ3v) is 7.79. The minimum atomic E-state index is -0.109. The first kappa shape index (κ1) is 15.9. The summed E-state index contributed by atoms with van der Waals surface area (Å²) in [5.74, 6) is 2.19. The van der Waals surface area contributed by atoms with Gasteiger partial charge in [-0.3, -0.25) is 14.5 Å². The van der Waals surface area contributed by atoms with Crippen LogP contribution in [-0.4, -0.2) is 11.8 Å². The molecule has 1 saturated heterocycles. The number of hydrogen-bond acceptors (Lipinski definition) is 2. The molecule has 2 amide bonds. The highest BCUT2D eigenvalue weighted by Gasteiger charge is 2.76. The van der Waals surface area contributed by atoms with E-state index in [1.165, 1.54) is 10.5 Å². The van der Waals surface area contributed by atoms with E-state index in [-0.39, 0.29) is 23.7 Å². The maximum atomic E-state index is 13.2. The third kappa shape index (κ3) is 1.98. The van der Waals surface area contributed by atoms with E-state index < -0.39 is 0 Å². The first-order valence-electron chi connectivity index (χ1n) is 9.76. The SMILES string of the molecule is Cc1ccc(N2C(=O)[C@@H]3[C@H]4C[C@@H]([C@@H]3C2=O)[C@@H]2C(c3ccc(Cl)cc3)[C@H]42)cc1. The van der Waals surface area contributed by atoms with E-state index in [9.17, 15) is 9.59 Å². The van der Waals surface area contributed by atoms with Crippen molar-refractivity contribution in [1.82, 2.24) is 0 Å². The van der Waals surface area contributed by atoms with Crippen molar-refractivity contribution < 1.29 is 9.59 Å². The van der Waals surface area contributed by atoms with E-state index in [1.54, 1.807) is 0 Å². The monoisotopic (exact) mass is 377 g/mol. The molecular weight excluding hydrogens is 358 g/mol. The smallest absolute Gasteiger partial charge is 0.237 e. The van der Waals surface area contributed by atoms with Crippen LogP contribution in [0.5, 0.6) is 0 Å². The molecule has 1 unspecified atom stereocenters. The van der Waals surface area contributed by atoms with E-state index in [1.807, 2.05) is 43.3 Å². The summed E-state index contributed by atoms with van der Waals surface area (Å²) in [6.07, 6.45) is 1.05. The molecule has 7 atom stereocenters. The number of halogens is 1. The fourth-order valence-electron chi connectivity index (χ4n) is 6.55. The quantitative estimate of drug-likeness (QED) is 0.726. The zero-order valence-corrected chi connectivity index (χ0v) is 15.8. The molecule has 2 bridgehead atoms. The number of fused-ring (bicyclic) bond motifs is 8. The molecule has 27 heavy (non-hydrogen) atoms. The lowest BCUT2D eigenvalue weighted by Crippen LogP contribution is -2.33. The first-order valence-corrected chi connectivity index (χ1v) is 10.1. The second-order valence-corrected chi connectivity index (χ2v) is 9.13. The summed E-state index contributed by atoms with van der Waals surface area (Å²) in [5, 5.41) is 0.753. The van der Waals surface area contributed by atoms with Crippen molar-refractivity contribution in [2.45, 2.75) is 19.3 Å². The molecule has 0 spiro atoms. The molecule has 0 N–H and O–H groups in total. The fraction of sp³-hybridized carbons (Fsp3) is 0.391. The van der Waals surface area contributed by atoms with Gasteiger partial charge in [0.1, 0.15) is 0 Å². The topological polar surface area (TPSA) is 37.4 Å². The van der Waals surface area contributed by atoms with Crippen LogP contribution in [0, 0.1) is 42.4 Å². The molecule has 3 aliphatic carbocycles. The molecule has 1 aliphatic heterocycles. The number of amides is 2. The van der Waals surface area contributed by atoms with Crippen molar-refractivity contribution in [3.63, 3.8) is 0 Å². The second-order valence-electron chi connectivity index (χ2n) is 8.69. The van der Waals surface area contributed by atoms with Crippen molar-refractivity contribution in [3.8, 4) is 0 Å². The number of nitrogens with zero attached hydrogens (tertiary/aromatic N) is 1. The normalized spacial score (nSPS) is 38.3. The van der Waals surface area contributed by atoms with Crippen LogP contribution < -0.4 is 4.90 Å². The molecule has 3 nitrogen and oxygen atoms in total. The lowest BCUT2D eigenvalue weighted by molar-refractivity contribution is -0.123. The van der Waals surface area contributed by atoms with Gasteiger partial charge < -0.3 is 0 Å². The van der Waals surface area contributed by atoms with Gasteiger partial charge in [-0.25, -0.2) is 0 Å². The Labute approximate surface area is 163 Å². The second kappa shape index (κ2) is 5.23. The van der Waals surface area contributed by atoms with Crippen LogP contribution in [0.4, 0.5) is 5.69 Å². The van der Waals surface area contributed by atoms with E-state index in [0.29, 0.717) is 29.6 Å². The van der Waals surface area contributed by atoms with Crippen LogP contribution in [0.3, 0.4) is 0 Å². The average molecular weight is 378 g/mol. The fourth-order valence-corrected chi connectivity index (χ4v) is 6.68. The number of carbonyl (C=O) groups excluding carboxylic acids is 2. The zero-order chi connectivity index (χ0) is 18.4. The molecule has 0 aromatic heterocycles. The number of rotatable bonds is 2. The van der Waals surface area contributed by atoms with Gasteiger partial charge in [0.05, 0.1) is 17.5 Å².